The first-order valence-electron chi connectivity index (χ1n) is 10.7. The van der Waals surface area contributed by atoms with E-state index in [1.54, 1.807) is 23.0 Å². The normalized spacial score (nSPS) is 28.3. The molecule has 31 heavy (non-hydrogen) atoms. The molecule has 2 amide bonds. The molecule has 0 radical (unpaired) electrons. The van der Waals surface area contributed by atoms with Crippen LogP contribution < -0.4 is 4.90 Å². The number of carbonyl (C=O) groups is 2. The van der Waals surface area contributed by atoms with E-state index in [2.05, 4.69) is 11.9 Å². The van der Waals surface area contributed by atoms with Crippen LogP contribution in [0.1, 0.15) is 22.4 Å². The number of aryl methyl sites for hydroxylation is 3. The van der Waals surface area contributed by atoms with Crippen LogP contribution in [0.4, 0.5) is 5.69 Å². The highest BCUT2D eigenvalue weighted by Gasteiger charge is 2.67. The van der Waals surface area contributed by atoms with Crippen molar-refractivity contribution < 1.29 is 14.3 Å². The second kappa shape index (κ2) is 7.02. The summed E-state index contributed by atoms with van der Waals surface area (Å²) >= 11 is 0. The van der Waals surface area contributed by atoms with Crippen molar-refractivity contribution in [1.82, 2.24) is 9.88 Å². The minimum absolute atomic E-state index is 0.0263. The molecule has 0 aliphatic carbocycles. The molecule has 4 heterocycles. The lowest BCUT2D eigenvalue weighted by Gasteiger charge is -2.28. The summed E-state index contributed by atoms with van der Waals surface area (Å²) in [4.78, 5) is 34.7. The first kappa shape index (κ1) is 19.9. The van der Waals surface area contributed by atoms with Crippen LogP contribution in [0.5, 0.6) is 0 Å². The van der Waals surface area contributed by atoms with E-state index in [1.165, 1.54) is 5.56 Å². The molecule has 4 atom stereocenters. The summed E-state index contributed by atoms with van der Waals surface area (Å²) in [6.07, 6.45) is 5.37. The number of ether oxygens (including phenoxy) is 1. The van der Waals surface area contributed by atoms with Crippen molar-refractivity contribution in [3.05, 3.63) is 71.1 Å². The number of pyridine rings is 1. The van der Waals surface area contributed by atoms with Gasteiger partial charge in [-0.25, -0.2) is 0 Å². The van der Waals surface area contributed by atoms with Gasteiger partial charge in [0.1, 0.15) is 5.60 Å². The van der Waals surface area contributed by atoms with E-state index >= 15 is 0 Å². The lowest BCUT2D eigenvalue weighted by Crippen LogP contribution is -2.44. The summed E-state index contributed by atoms with van der Waals surface area (Å²) in [5, 5.41) is 0. The van der Waals surface area contributed by atoms with E-state index in [0.29, 0.717) is 13.1 Å². The highest BCUT2D eigenvalue weighted by molar-refractivity contribution is 6.03. The van der Waals surface area contributed by atoms with Crippen molar-refractivity contribution in [2.45, 2.75) is 39.0 Å². The number of amides is 2. The van der Waals surface area contributed by atoms with Crippen molar-refractivity contribution in [3.63, 3.8) is 0 Å². The summed E-state index contributed by atoms with van der Waals surface area (Å²) in [7, 11) is 1.79. The number of benzene rings is 1. The van der Waals surface area contributed by atoms with E-state index < -0.39 is 17.4 Å². The molecule has 2 aromatic rings. The number of hydrogen-bond donors (Lipinski definition) is 0. The summed E-state index contributed by atoms with van der Waals surface area (Å²) in [5.41, 5.74) is 4.41. The molecule has 3 aliphatic heterocycles. The average molecular weight is 418 g/mol. The zero-order valence-corrected chi connectivity index (χ0v) is 18.3. The van der Waals surface area contributed by atoms with Crippen LogP contribution in [0.25, 0.3) is 0 Å². The molecule has 2 bridgehead atoms. The number of rotatable bonds is 4. The molecule has 0 N–H and O–H groups in total. The topological polar surface area (TPSA) is 62.7 Å². The molecule has 160 valence electrons. The van der Waals surface area contributed by atoms with Crippen LogP contribution in [0.2, 0.25) is 0 Å². The Hall–Kier alpha value is -2.99. The van der Waals surface area contributed by atoms with Gasteiger partial charge in [-0.1, -0.05) is 18.2 Å². The van der Waals surface area contributed by atoms with Gasteiger partial charge < -0.3 is 14.5 Å². The quantitative estimate of drug-likeness (QED) is 0.718. The molecule has 0 saturated carbocycles. The van der Waals surface area contributed by atoms with E-state index in [-0.39, 0.29) is 17.9 Å². The molecule has 1 aromatic carbocycles. The fourth-order valence-corrected chi connectivity index (χ4v) is 5.20. The summed E-state index contributed by atoms with van der Waals surface area (Å²) in [6.45, 7) is 6.96. The van der Waals surface area contributed by atoms with Crippen molar-refractivity contribution in [2.24, 2.45) is 11.8 Å². The van der Waals surface area contributed by atoms with Crippen molar-refractivity contribution in [2.75, 3.05) is 18.5 Å². The standard InChI is InChI=1S/C25H27N3O3/c1-15-5-6-19(11-16(15)2)28-14-25-9-7-20(31-25)21(22(25)24(28)30)23(29)27(4)13-18-8-10-26-17(3)12-18/h5-12,20-22H,13-14H2,1-4H3/t20-,21-,22+,25-/m0/s1. The van der Waals surface area contributed by atoms with Crippen molar-refractivity contribution >= 4 is 17.5 Å². The smallest absolute Gasteiger partial charge is 0.234 e. The Morgan fingerprint density at radius 1 is 1.23 bits per heavy atom. The Morgan fingerprint density at radius 3 is 2.77 bits per heavy atom. The van der Waals surface area contributed by atoms with E-state index in [1.807, 2.05) is 56.3 Å². The largest absolute Gasteiger partial charge is 0.360 e. The van der Waals surface area contributed by atoms with E-state index in [9.17, 15) is 9.59 Å². The lowest BCUT2D eigenvalue weighted by molar-refractivity contribution is -0.139. The molecule has 1 aromatic heterocycles. The van der Waals surface area contributed by atoms with Crippen LogP contribution in [-0.4, -0.2) is 47.0 Å². The third-order valence-corrected chi connectivity index (χ3v) is 6.94. The SMILES string of the molecule is Cc1cc(CN(C)C(=O)[C@H]2[C@@H]3C=C[C@@]4(CN(c5ccc(C)c(C)c5)C(=O)[C@@H]24)O3)ccn1. The van der Waals surface area contributed by atoms with Crippen molar-refractivity contribution in [1.29, 1.82) is 0 Å². The number of anilines is 1. The van der Waals surface area contributed by atoms with Gasteiger partial charge in [-0.3, -0.25) is 14.6 Å². The maximum Gasteiger partial charge on any atom is 0.234 e. The average Bonchev–Trinajstić information content (AvgIpc) is 3.38. The molecule has 3 aliphatic rings. The van der Waals surface area contributed by atoms with Crippen LogP contribution >= 0.6 is 0 Å². The van der Waals surface area contributed by atoms with Gasteiger partial charge in [-0.05, 0) is 61.7 Å². The highest BCUT2D eigenvalue weighted by atomic mass is 16.5. The summed E-state index contributed by atoms with van der Waals surface area (Å²) < 4.78 is 6.28. The monoisotopic (exact) mass is 417 g/mol. The zero-order valence-electron chi connectivity index (χ0n) is 18.3. The Balaban J connectivity index is 1.41. The third kappa shape index (κ3) is 3.08. The molecule has 0 unspecified atom stereocenters. The maximum absolute atomic E-state index is 13.5. The first-order chi connectivity index (χ1) is 14.8. The van der Waals surface area contributed by atoms with E-state index in [0.717, 1.165) is 22.5 Å². The number of fused-ring (bicyclic) bond motifs is 1. The van der Waals surface area contributed by atoms with Gasteiger partial charge in [0, 0.05) is 31.2 Å². The van der Waals surface area contributed by atoms with Crippen molar-refractivity contribution in [3.8, 4) is 0 Å². The highest BCUT2D eigenvalue weighted by Crippen LogP contribution is 2.53. The van der Waals surface area contributed by atoms with Crippen LogP contribution in [0.15, 0.2) is 48.7 Å². The Bertz CT molecular complexity index is 1110. The third-order valence-electron chi connectivity index (χ3n) is 6.94. The number of aromatic nitrogens is 1. The summed E-state index contributed by atoms with van der Waals surface area (Å²) in [6, 6.07) is 9.94. The lowest BCUT2D eigenvalue weighted by atomic mass is 9.76. The van der Waals surface area contributed by atoms with Crippen LogP contribution in [0.3, 0.4) is 0 Å². The van der Waals surface area contributed by atoms with Gasteiger partial charge in [0.25, 0.3) is 0 Å². The minimum atomic E-state index is -0.713. The number of nitrogens with zero attached hydrogens (tertiary/aromatic N) is 3. The van der Waals surface area contributed by atoms with Gasteiger partial charge in [0.2, 0.25) is 11.8 Å². The molecule has 2 fully saturated rings. The molecule has 1 spiro atoms. The maximum atomic E-state index is 13.5. The van der Waals surface area contributed by atoms with Gasteiger partial charge in [-0.2, -0.15) is 0 Å². The molecule has 5 rings (SSSR count). The Kier molecular flexibility index (Phi) is 4.52. The summed E-state index contributed by atoms with van der Waals surface area (Å²) in [5.74, 6) is -1.06. The number of hydrogen-bond acceptors (Lipinski definition) is 4. The van der Waals surface area contributed by atoms with Gasteiger partial charge in [0.15, 0.2) is 0 Å². The predicted molar refractivity (Wildman–Crippen MR) is 117 cm³/mol. The van der Waals surface area contributed by atoms with Crippen LogP contribution in [-0.2, 0) is 20.9 Å². The zero-order chi connectivity index (χ0) is 21.9. The fraction of sp³-hybridized carbons (Fsp3) is 0.400. The van der Waals surface area contributed by atoms with Gasteiger partial charge in [0.05, 0.1) is 24.5 Å². The van der Waals surface area contributed by atoms with Gasteiger partial charge in [-0.15, -0.1) is 0 Å². The number of carbonyl (C=O) groups excluding carboxylic acids is 2. The Labute approximate surface area is 182 Å². The molecule has 6 nitrogen and oxygen atoms in total. The fourth-order valence-electron chi connectivity index (χ4n) is 5.20. The first-order valence-corrected chi connectivity index (χ1v) is 10.7. The molecule has 6 heteroatoms. The molecular weight excluding hydrogens is 390 g/mol. The second-order valence-electron chi connectivity index (χ2n) is 9.09. The predicted octanol–water partition coefficient (Wildman–Crippen LogP) is 2.95. The molecule has 2 saturated heterocycles. The molecular formula is C25H27N3O3. The van der Waals surface area contributed by atoms with E-state index in [4.69, 9.17) is 4.74 Å². The minimum Gasteiger partial charge on any atom is -0.360 e. The van der Waals surface area contributed by atoms with Crippen LogP contribution in [0, 0.1) is 32.6 Å². The second-order valence-corrected chi connectivity index (χ2v) is 9.09. The van der Waals surface area contributed by atoms with Gasteiger partial charge >= 0.3 is 0 Å². The Morgan fingerprint density at radius 2 is 2.03 bits per heavy atom.